The summed E-state index contributed by atoms with van der Waals surface area (Å²) in [4.78, 5) is 22.3. The summed E-state index contributed by atoms with van der Waals surface area (Å²) in [7, 11) is 0. The van der Waals surface area contributed by atoms with Crippen molar-refractivity contribution < 1.29 is 14.7 Å². The van der Waals surface area contributed by atoms with Crippen molar-refractivity contribution in [3.8, 4) is 0 Å². The molecule has 1 aliphatic carbocycles. The van der Waals surface area contributed by atoms with Crippen molar-refractivity contribution in [1.82, 2.24) is 5.32 Å². The van der Waals surface area contributed by atoms with Gasteiger partial charge in [0.1, 0.15) is 0 Å². The fourth-order valence-corrected chi connectivity index (χ4v) is 2.15. The van der Waals surface area contributed by atoms with Crippen LogP contribution in [0.5, 0.6) is 0 Å². The molecule has 0 heterocycles. The smallest absolute Gasteiger partial charge is 0.303 e. The van der Waals surface area contributed by atoms with Gasteiger partial charge in [-0.1, -0.05) is 19.8 Å². The van der Waals surface area contributed by atoms with E-state index in [2.05, 4.69) is 5.32 Å². The number of hydrogen-bond acceptors (Lipinski definition) is 3. The summed E-state index contributed by atoms with van der Waals surface area (Å²) in [6.45, 7) is 2.44. The molecule has 0 aromatic carbocycles. The van der Waals surface area contributed by atoms with Crippen LogP contribution in [0.3, 0.4) is 0 Å². The van der Waals surface area contributed by atoms with Crippen LogP contribution in [0.2, 0.25) is 0 Å². The molecular weight excluding hydrogens is 220 g/mol. The van der Waals surface area contributed by atoms with E-state index in [1.54, 1.807) is 0 Å². The van der Waals surface area contributed by atoms with Crippen molar-refractivity contribution >= 4 is 11.9 Å². The van der Waals surface area contributed by atoms with E-state index in [4.69, 9.17) is 10.8 Å². The molecule has 0 aromatic rings. The maximum Gasteiger partial charge on any atom is 0.303 e. The second kappa shape index (κ2) is 6.00. The van der Waals surface area contributed by atoms with E-state index in [-0.39, 0.29) is 18.2 Å². The number of aliphatic carboxylic acids is 1. The zero-order valence-corrected chi connectivity index (χ0v) is 10.4. The Hall–Kier alpha value is -1.10. The Balaban J connectivity index is 2.25. The van der Waals surface area contributed by atoms with E-state index in [1.165, 1.54) is 0 Å². The molecule has 1 unspecified atom stereocenters. The maximum absolute atomic E-state index is 11.9. The molecule has 5 nitrogen and oxygen atoms in total. The van der Waals surface area contributed by atoms with Crippen LogP contribution in [0, 0.1) is 5.92 Å². The van der Waals surface area contributed by atoms with Crippen LogP contribution in [-0.4, -0.2) is 29.1 Å². The van der Waals surface area contributed by atoms with Crippen LogP contribution < -0.4 is 11.1 Å². The summed E-state index contributed by atoms with van der Waals surface area (Å²) in [5.41, 5.74) is 5.32. The molecule has 0 spiro atoms. The van der Waals surface area contributed by atoms with Gasteiger partial charge < -0.3 is 16.2 Å². The third kappa shape index (κ3) is 4.34. The average Bonchev–Trinajstić information content (AvgIpc) is 2.71. The van der Waals surface area contributed by atoms with Gasteiger partial charge in [0.05, 0.1) is 5.54 Å². The molecule has 4 N–H and O–H groups in total. The molecule has 1 atom stereocenters. The quantitative estimate of drug-likeness (QED) is 0.644. The first-order valence-corrected chi connectivity index (χ1v) is 6.23. The standard InChI is InChI=1S/C12H22N2O3/c1-9(4-5-10(15)16)8-14-11(17)12(13)6-2-3-7-12/h9H,2-8,13H2,1H3,(H,14,17)(H,15,16). The highest BCUT2D eigenvalue weighted by Gasteiger charge is 2.36. The fraction of sp³-hybridized carbons (Fsp3) is 0.833. The molecular formula is C12H22N2O3. The minimum Gasteiger partial charge on any atom is -0.481 e. The SMILES string of the molecule is CC(CCC(=O)O)CNC(=O)C1(N)CCCC1. The Morgan fingerprint density at radius 2 is 2.00 bits per heavy atom. The summed E-state index contributed by atoms with van der Waals surface area (Å²) in [5.74, 6) is -0.716. The number of hydrogen-bond donors (Lipinski definition) is 3. The number of carbonyl (C=O) groups is 2. The number of rotatable bonds is 6. The predicted octanol–water partition coefficient (Wildman–Crippen LogP) is 0.875. The topological polar surface area (TPSA) is 92.4 Å². The normalized spacial score (nSPS) is 19.9. The predicted molar refractivity (Wildman–Crippen MR) is 64.4 cm³/mol. The summed E-state index contributed by atoms with van der Waals surface area (Å²) in [5, 5.41) is 11.4. The first-order chi connectivity index (χ1) is 7.94. The van der Waals surface area contributed by atoms with Gasteiger partial charge in [0.2, 0.25) is 5.91 Å². The molecule has 0 radical (unpaired) electrons. The molecule has 1 fully saturated rings. The Labute approximate surface area is 102 Å². The van der Waals surface area contributed by atoms with Crippen LogP contribution in [0.4, 0.5) is 0 Å². The Bertz CT molecular complexity index is 285. The summed E-state index contributed by atoms with van der Waals surface area (Å²) in [6, 6.07) is 0. The second-order valence-electron chi connectivity index (χ2n) is 5.11. The van der Waals surface area contributed by atoms with Gasteiger partial charge in [-0.05, 0) is 25.2 Å². The lowest BCUT2D eigenvalue weighted by Crippen LogP contribution is -2.52. The number of nitrogens with two attached hydrogens (primary N) is 1. The molecule has 1 amide bonds. The largest absolute Gasteiger partial charge is 0.481 e. The molecule has 0 aliphatic heterocycles. The van der Waals surface area contributed by atoms with Crippen LogP contribution in [0.15, 0.2) is 0 Å². The lowest BCUT2D eigenvalue weighted by molar-refractivity contribution is -0.137. The average molecular weight is 242 g/mol. The van der Waals surface area contributed by atoms with Gasteiger partial charge in [-0.15, -0.1) is 0 Å². The van der Waals surface area contributed by atoms with E-state index in [0.717, 1.165) is 25.7 Å². The van der Waals surface area contributed by atoms with Crippen molar-refractivity contribution in [2.24, 2.45) is 11.7 Å². The minimum atomic E-state index is -0.797. The second-order valence-corrected chi connectivity index (χ2v) is 5.11. The van der Waals surface area contributed by atoms with E-state index < -0.39 is 11.5 Å². The summed E-state index contributed by atoms with van der Waals surface area (Å²) < 4.78 is 0. The highest BCUT2D eigenvalue weighted by atomic mass is 16.4. The third-order valence-corrected chi connectivity index (χ3v) is 3.41. The lowest BCUT2D eigenvalue weighted by atomic mass is 9.97. The lowest BCUT2D eigenvalue weighted by Gasteiger charge is -2.23. The van der Waals surface area contributed by atoms with Crippen molar-refractivity contribution in [2.75, 3.05) is 6.54 Å². The van der Waals surface area contributed by atoms with Gasteiger partial charge in [0.15, 0.2) is 0 Å². The van der Waals surface area contributed by atoms with Gasteiger partial charge in [-0.25, -0.2) is 0 Å². The van der Waals surface area contributed by atoms with Crippen molar-refractivity contribution in [3.05, 3.63) is 0 Å². The first-order valence-electron chi connectivity index (χ1n) is 6.23. The zero-order valence-electron chi connectivity index (χ0n) is 10.4. The van der Waals surface area contributed by atoms with E-state index in [1.807, 2.05) is 6.92 Å². The molecule has 1 aliphatic rings. The number of amides is 1. The van der Waals surface area contributed by atoms with Gasteiger partial charge in [-0.3, -0.25) is 9.59 Å². The number of carbonyl (C=O) groups excluding carboxylic acids is 1. The number of nitrogens with one attached hydrogen (secondary N) is 1. The van der Waals surface area contributed by atoms with Gasteiger partial charge in [0.25, 0.3) is 0 Å². The van der Waals surface area contributed by atoms with E-state index in [0.29, 0.717) is 13.0 Å². The molecule has 17 heavy (non-hydrogen) atoms. The van der Waals surface area contributed by atoms with Crippen molar-refractivity contribution in [2.45, 2.75) is 51.0 Å². The first kappa shape index (κ1) is 14.0. The Morgan fingerprint density at radius 1 is 1.41 bits per heavy atom. The zero-order chi connectivity index (χ0) is 12.9. The van der Waals surface area contributed by atoms with Crippen molar-refractivity contribution in [3.63, 3.8) is 0 Å². The highest BCUT2D eigenvalue weighted by molar-refractivity contribution is 5.86. The van der Waals surface area contributed by atoms with Crippen LogP contribution in [0.25, 0.3) is 0 Å². The van der Waals surface area contributed by atoms with E-state index in [9.17, 15) is 9.59 Å². The van der Waals surface area contributed by atoms with Crippen molar-refractivity contribution in [1.29, 1.82) is 0 Å². The molecule has 0 bridgehead atoms. The molecule has 1 saturated carbocycles. The molecule has 1 rings (SSSR count). The Kier molecular flexibility index (Phi) is 4.93. The van der Waals surface area contributed by atoms with Gasteiger partial charge in [0, 0.05) is 13.0 Å². The third-order valence-electron chi connectivity index (χ3n) is 3.41. The fourth-order valence-electron chi connectivity index (χ4n) is 2.15. The molecule has 5 heteroatoms. The Morgan fingerprint density at radius 3 is 2.53 bits per heavy atom. The minimum absolute atomic E-state index is 0.0859. The number of carboxylic acids is 1. The van der Waals surface area contributed by atoms with Gasteiger partial charge >= 0.3 is 5.97 Å². The molecule has 98 valence electrons. The van der Waals surface area contributed by atoms with Crippen LogP contribution in [0.1, 0.15) is 45.4 Å². The monoisotopic (exact) mass is 242 g/mol. The van der Waals surface area contributed by atoms with Crippen LogP contribution >= 0.6 is 0 Å². The summed E-state index contributed by atoms with van der Waals surface area (Å²) in [6.07, 6.45) is 4.25. The molecule has 0 aromatic heterocycles. The maximum atomic E-state index is 11.9. The van der Waals surface area contributed by atoms with Crippen LogP contribution in [-0.2, 0) is 9.59 Å². The molecule has 0 saturated heterocycles. The number of carboxylic acid groups (broad SMARTS) is 1. The highest BCUT2D eigenvalue weighted by Crippen LogP contribution is 2.27. The summed E-state index contributed by atoms with van der Waals surface area (Å²) >= 11 is 0. The van der Waals surface area contributed by atoms with Gasteiger partial charge in [-0.2, -0.15) is 0 Å². The van der Waals surface area contributed by atoms with E-state index >= 15 is 0 Å².